The number of nitrogens with two attached hydrogens (primary N) is 3. The molecule has 0 fully saturated rings. The molecule has 6 N–H and O–H groups in total. The molecule has 0 heterocycles. The van der Waals surface area contributed by atoms with E-state index in [0.717, 1.165) is 29.5 Å². The summed E-state index contributed by atoms with van der Waals surface area (Å²) in [5, 5.41) is 0. The first kappa shape index (κ1) is 23.2. The molecular formula is C30H35N3. The predicted octanol–water partition coefficient (Wildman–Crippen LogP) is 5.31. The number of benzene rings is 3. The maximum absolute atomic E-state index is 6.10. The minimum atomic E-state index is -0.421. The van der Waals surface area contributed by atoms with Crippen LogP contribution < -0.4 is 17.2 Å². The average molecular weight is 438 g/mol. The highest BCUT2D eigenvalue weighted by atomic mass is 14.5. The van der Waals surface area contributed by atoms with Crippen molar-refractivity contribution in [1.29, 1.82) is 0 Å². The number of allylic oxidation sites excluding steroid dienone is 4. The lowest BCUT2D eigenvalue weighted by Crippen LogP contribution is -2.38. The van der Waals surface area contributed by atoms with Gasteiger partial charge in [0, 0.05) is 25.6 Å². The Hall–Kier alpha value is -2.98. The van der Waals surface area contributed by atoms with Gasteiger partial charge in [-0.1, -0.05) is 110 Å². The van der Waals surface area contributed by atoms with E-state index in [9.17, 15) is 0 Å². The molecule has 1 atom stereocenters. The number of hydrogen-bond acceptors (Lipinski definition) is 3. The van der Waals surface area contributed by atoms with Crippen LogP contribution in [0.15, 0.2) is 96.6 Å². The van der Waals surface area contributed by atoms with Crippen LogP contribution in [0.25, 0.3) is 0 Å². The fourth-order valence-electron chi connectivity index (χ4n) is 5.34. The normalized spacial score (nSPS) is 15.6. The first-order valence-electron chi connectivity index (χ1n) is 11.9. The summed E-state index contributed by atoms with van der Waals surface area (Å²) >= 11 is 0. The van der Waals surface area contributed by atoms with E-state index in [1.165, 1.54) is 22.3 Å². The summed E-state index contributed by atoms with van der Waals surface area (Å²) in [6, 6.07) is 26.3. The van der Waals surface area contributed by atoms with Crippen molar-refractivity contribution in [3.05, 3.63) is 130 Å². The second-order valence-corrected chi connectivity index (χ2v) is 8.88. The number of rotatable bonds is 9. The van der Waals surface area contributed by atoms with Crippen LogP contribution in [0.5, 0.6) is 0 Å². The molecule has 0 radical (unpaired) electrons. The van der Waals surface area contributed by atoms with Crippen molar-refractivity contribution in [3.8, 4) is 0 Å². The quantitative estimate of drug-likeness (QED) is 0.397. The first-order chi connectivity index (χ1) is 16.2. The zero-order valence-electron chi connectivity index (χ0n) is 19.5. The molecule has 1 unspecified atom stereocenters. The Balaban J connectivity index is 2.11. The molecule has 0 spiro atoms. The van der Waals surface area contributed by atoms with E-state index in [1.54, 1.807) is 0 Å². The van der Waals surface area contributed by atoms with E-state index in [2.05, 4.69) is 97.9 Å². The van der Waals surface area contributed by atoms with Gasteiger partial charge in [-0.25, -0.2) is 0 Å². The molecule has 1 aliphatic carbocycles. The fraction of sp³-hybridized carbons (Fsp3) is 0.267. The van der Waals surface area contributed by atoms with Gasteiger partial charge in [0.05, 0.1) is 5.41 Å². The third kappa shape index (κ3) is 4.32. The summed E-state index contributed by atoms with van der Waals surface area (Å²) in [6.07, 6.45) is 9.05. The lowest BCUT2D eigenvalue weighted by molar-refractivity contribution is 0.492. The van der Waals surface area contributed by atoms with Crippen LogP contribution in [0.4, 0.5) is 0 Å². The van der Waals surface area contributed by atoms with Gasteiger partial charge in [0.1, 0.15) is 0 Å². The minimum absolute atomic E-state index is 0.187. The highest BCUT2D eigenvalue weighted by Gasteiger charge is 2.45. The van der Waals surface area contributed by atoms with Crippen molar-refractivity contribution < 1.29 is 0 Å². The van der Waals surface area contributed by atoms with Crippen LogP contribution in [0, 0.1) is 5.92 Å². The van der Waals surface area contributed by atoms with Gasteiger partial charge in [0.2, 0.25) is 0 Å². The molecule has 170 valence electrons. The van der Waals surface area contributed by atoms with Gasteiger partial charge in [-0.3, -0.25) is 0 Å². The molecule has 3 aromatic carbocycles. The second kappa shape index (κ2) is 10.3. The van der Waals surface area contributed by atoms with Gasteiger partial charge in [0.25, 0.3) is 0 Å². The van der Waals surface area contributed by atoms with Crippen molar-refractivity contribution in [2.24, 2.45) is 23.1 Å². The fourth-order valence-corrected chi connectivity index (χ4v) is 5.34. The van der Waals surface area contributed by atoms with Gasteiger partial charge < -0.3 is 17.2 Å². The van der Waals surface area contributed by atoms with Crippen molar-refractivity contribution >= 4 is 0 Å². The molecule has 3 nitrogen and oxygen atoms in total. The summed E-state index contributed by atoms with van der Waals surface area (Å²) < 4.78 is 0. The van der Waals surface area contributed by atoms with Crippen LogP contribution in [-0.4, -0.2) is 0 Å². The zero-order valence-corrected chi connectivity index (χ0v) is 19.5. The Morgan fingerprint density at radius 3 is 1.55 bits per heavy atom. The van der Waals surface area contributed by atoms with Crippen molar-refractivity contribution in [2.45, 2.75) is 44.8 Å². The standard InChI is InChI=1S/C30H35N3/c1-2-7-25-11-6-15-29(25)30(26-12-3-8-22(16-26)19-31,27-13-4-9-23(17-27)20-32)28-14-5-10-24(18-28)21-33/h3-6,8-18,29H,2,7,19-21,31-33H2,1H3. The van der Waals surface area contributed by atoms with E-state index < -0.39 is 5.41 Å². The van der Waals surface area contributed by atoms with Gasteiger partial charge in [-0.15, -0.1) is 0 Å². The molecule has 0 amide bonds. The third-order valence-electron chi connectivity index (χ3n) is 6.87. The van der Waals surface area contributed by atoms with Crippen LogP contribution in [0.2, 0.25) is 0 Å². The summed E-state index contributed by atoms with van der Waals surface area (Å²) in [4.78, 5) is 0. The van der Waals surface area contributed by atoms with E-state index in [0.29, 0.717) is 19.6 Å². The molecule has 0 saturated heterocycles. The van der Waals surface area contributed by atoms with Gasteiger partial charge in [-0.05, 0) is 39.8 Å². The number of hydrogen-bond donors (Lipinski definition) is 3. The van der Waals surface area contributed by atoms with Crippen LogP contribution in [0.1, 0.15) is 53.1 Å². The topological polar surface area (TPSA) is 78.1 Å². The first-order valence-corrected chi connectivity index (χ1v) is 11.9. The average Bonchev–Trinajstić information content (AvgIpc) is 3.33. The van der Waals surface area contributed by atoms with Crippen LogP contribution in [-0.2, 0) is 25.0 Å². The highest BCUT2D eigenvalue weighted by Crippen LogP contribution is 2.51. The molecular weight excluding hydrogens is 402 g/mol. The Kier molecular flexibility index (Phi) is 7.24. The van der Waals surface area contributed by atoms with Crippen molar-refractivity contribution in [3.63, 3.8) is 0 Å². The molecule has 0 bridgehead atoms. The molecule has 1 aliphatic rings. The van der Waals surface area contributed by atoms with Crippen molar-refractivity contribution in [2.75, 3.05) is 0 Å². The Morgan fingerprint density at radius 2 is 1.15 bits per heavy atom. The lowest BCUT2D eigenvalue weighted by atomic mass is 9.59. The summed E-state index contributed by atoms with van der Waals surface area (Å²) in [5.41, 5.74) is 26.4. The van der Waals surface area contributed by atoms with Crippen molar-refractivity contribution in [1.82, 2.24) is 0 Å². The second-order valence-electron chi connectivity index (χ2n) is 8.88. The molecule has 33 heavy (non-hydrogen) atoms. The Labute approximate surface area is 198 Å². The molecule has 3 heteroatoms. The molecule has 0 aromatic heterocycles. The Morgan fingerprint density at radius 1 is 0.697 bits per heavy atom. The molecule has 3 aromatic rings. The van der Waals surface area contributed by atoms with E-state index in [-0.39, 0.29) is 5.92 Å². The monoisotopic (exact) mass is 437 g/mol. The third-order valence-corrected chi connectivity index (χ3v) is 6.87. The summed E-state index contributed by atoms with van der Waals surface area (Å²) in [5.74, 6) is 0.187. The van der Waals surface area contributed by atoms with Gasteiger partial charge >= 0.3 is 0 Å². The Bertz CT molecular complexity index is 1040. The van der Waals surface area contributed by atoms with Gasteiger partial charge in [0.15, 0.2) is 0 Å². The highest BCUT2D eigenvalue weighted by molar-refractivity contribution is 5.57. The smallest absolute Gasteiger partial charge is 0.0551 e. The SMILES string of the molecule is CCCC1=CC=CC1C(c1cccc(CN)c1)(c1cccc(CN)c1)c1cccc(CN)c1. The van der Waals surface area contributed by atoms with Crippen LogP contribution in [0.3, 0.4) is 0 Å². The van der Waals surface area contributed by atoms with E-state index in [1.807, 2.05) is 0 Å². The predicted molar refractivity (Wildman–Crippen MR) is 139 cm³/mol. The van der Waals surface area contributed by atoms with Crippen LogP contribution >= 0.6 is 0 Å². The van der Waals surface area contributed by atoms with Gasteiger partial charge in [-0.2, -0.15) is 0 Å². The molecule has 0 aliphatic heterocycles. The largest absolute Gasteiger partial charge is 0.326 e. The summed E-state index contributed by atoms with van der Waals surface area (Å²) in [7, 11) is 0. The van der Waals surface area contributed by atoms with E-state index in [4.69, 9.17) is 17.2 Å². The maximum Gasteiger partial charge on any atom is 0.0551 e. The summed E-state index contributed by atoms with van der Waals surface area (Å²) in [6.45, 7) is 3.77. The van der Waals surface area contributed by atoms with E-state index >= 15 is 0 Å². The lowest BCUT2D eigenvalue weighted by Gasteiger charge is -2.42. The molecule has 0 saturated carbocycles. The minimum Gasteiger partial charge on any atom is -0.326 e. The maximum atomic E-state index is 6.10. The zero-order chi connectivity index (χ0) is 23.3. The molecule has 4 rings (SSSR count).